The molecule has 0 bridgehead atoms. The van der Waals surface area contributed by atoms with Gasteiger partial charge in [-0.05, 0) is 27.2 Å². The lowest BCUT2D eigenvalue weighted by Crippen LogP contribution is -2.39. The number of aromatic nitrogens is 1. The number of ether oxygens (including phenoxy) is 1. The van der Waals surface area contributed by atoms with Gasteiger partial charge in [-0.15, -0.1) is 35.3 Å². The van der Waals surface area contributed by atoms with E-state index in [1.807, 2.05) is 45.1 Å². The molecule has 8 nitrogen and oxygen atoms in total. The molecule has 0 unspecified atom stereocenters. The maximum Gasteiger partial charge on any atom is 0.407 e. The van der Waals surface area contributed by atoms with Crippen LogP contribution in [0.4, 0.5) is 9.93 Å². The van der Waals surface area contributed by atoms with Gasteiger partial charge in [0.25, 0.3) is 0 Å². The van der Waals surface area contributed by atoms with Crippen LogP contribution in [0.15, 0.2) is 10.4 Å². The second kappa shape index (κ2) is 12.2. The number of aliphatic imine (C=N–C) groups is 1. The monoisotopic (exact) mass is 498 g/mol. The van der Waals surface area contributed by atoms with Crippen LogP contribution in [0.3, 0.4) is 0 Å². The van der Waals surface area contributed by atoms with Gasteiger partial charge in [-0.2, -0.15) is 0 Å². The number of halogens is 1. The van der Waals surface area contributed by atoms with E-state index in [-0.39, 0.29) is 24.0 Å². The number of rotatable bonds is 7. The first-order valence-electron chi connectivity index (χ1n) is 8.24. The van der Waals surface area contributed by atoms with Crippen LogP contribution >= 0.6 is 35.3 Å². The zero-order valence-electron chi connectivity index (χ0n) is 16.4. The van der Waals surface area contributed by atoms with E-state index in [4.69, 9.17) is 4.74 Å². The van der Waals surface area contributed by atoms with Gasteiger partial charge in [0.1, 0.15) is 5.60 Å². The van der Waals surface area contributed by atoms with Gasteiger partial charge in [0.05, 0.1) is 12.2 Å². The number of guanidine groups is 1. The smallest absolute Gasteiger partial charge is 0.407 e. The summed E-state index contributed by atoms with van der Waals surface area (Å²) in [7, 11) is 5.67. The molecule has 0 aliphatic carbocycles. The molecule has 0 saturated carbocycles. The number of hydrogen-bond acceptors (Lipinski definition) is 6. The molecule has 0 fully saturated rings. The molecule has 26 heavy (non-hydrogen) atoms. The van der Waals surface area contributed by atoms with Crippen molar-refractivity contribution in [2.24, 2.45) is 4.99 Å². The Balaban J connectivity index is 0.00000625. The summed E-state index contributed by atoms with van der Waals surface area (Å²) in [5.74, 6) is 0.705. The third kappa shape index (κ3) is 10.6. The van der Waals surface area contributed by atoms with Gasteiger partial charge in [-0.25, -0.2) is 9.78 Å². The van der Waals surface area contributed by atoms with Gasteiger partial charge in [-0.3, -0.25) is 4.99 Å². The molecule has 1 amide bonds. The Kier molecular flexibility index (Phi) is 11.5. The van der Waals surface area contributed by atoms with Crippen LogP contribution in [-0.2, 0) is 11.3 Å². The summed E-state index contributed by atoms with van der Waals surface area (Å²) in [5, 5.41) is 12.2. The van der Waals surface area contributed by atoms with Crippen molar-refractivity contribution in [2.75, 3.05) is 39.1 Å². The number of hydrogen-bond donors (Lipinski definition) is 3. The van der Waals surface area contributed by atoms with Crippen LogP contribution in [0.5, 0.6) is 0 Å². The number of nitrogens with one attached hydrogen (secondary N) is 3. The second-order valence-corrected chi connectivity index (χ2v) is 7.49. The standard InChI is InChI=1S/C16H30N6O2S.HI/c1-16(2,3)24-15(23)19-9-7-8-18-13(17-4)20-10-12-11-25-14(21-12)22(5)6;/h11H,7-10H2,1-6H3,(H,19,23)(H2,17,18,20);1H. The number of nitrogens with zero attached hydrogens (tertiary/aromatic N) is 3. The highest BCUT2D eigenvalue weighted by molar-refractivity contribution is 14.0. The molecular formula is C16H31IN6O2S. The van der Waals surface area contributed by atoms with Gasteiger partial charge < -0.3 is 25.6 Å². The molecular weight excluding hydrogens is 467 g/mol. The number of amides is 1. The summed E-state index contributed by atoms with van der Waals surface area (Å²) in [6, 6.07) is 0. The zero-order chi connectivity index (χ0) is 18.9. The Morgan fingerprint density at radius 3 is 2.46 bits per heavy atom. The van der Waals surface area contributed by atoms with E-state index >= 15 is 0 Å². The molecule has 1 rings (SSSR count). The molecule has 0 aliphatic rings. The fourth-order valence-electron chi connectivity index (χ4n) is 1.78. The van der Waals surface area contributed by atoms with Crippen LogP contribution in [-0.4, -0.2) is 56.9 Å². The molecule has 0 spiro atoms. The van der Waals surface area contributed by atoms with Crippen molar-refractivity contribution in [1.82, 2.24) is 20.9 Å². The number of anilines is 1. The summed E-state index contributed by atoms with van der Waals surface area (Å²) in [5.41, 5.74) is 0.499. The van der Waals surface area contributed by atoms with Crippen molar-refractivity contribution in [1.29, 1.82) is 0 Å². The minimum atomic E-state index is -0.476. The highest BCUT2D eigenvalue weighted by Gasteiger charge is 2.15. The average molecular weight is 498 g/mol. The van der Waals surface area contributed by atoms with Crippen LogP contribution in [0.1, 0.15) is 32.9 Å². The van der Waals surface area contributed by atoms with E-state index in [2.05, 4.69) is 25.9 Å². The van der Waals surface area contributed by atoms with Crippen molar-refractivity contribution < 1.29 is 9.53 Å². The van der Waals surface area contributed by atoms with Crippen LogP contribution < -0.4 is 20.9 Å². The van der Waals surface area contributed by atoms with E-state index in [0.29, 0.717) is 25.6 Å². The topological polar surface area (TPSA) is 90.9 Å². The molecule has 3 N–H and O–H groups in total. The van der Waals surface area contributed by atoms with Crippen LogP contribution in [0, 0.1) is 0 Å². The largest absolute Gasteiger partial charge is 0.444 e. The lowest BCUT2D eigenvalue weighted by molar-refractivity contribution is 0.0527. The normalized spacial score (nSPS) is 11.4. The lowest BCUT2D eigenvalue weighted by atomic mass is 10.2. The van der Waals surface area contributed by atoms with E-state index in [1.54, 1.807) is 18.4 Å². The third-order valence-electron chi connectivity index (χ3n) is 2.90. The average Bonchev–Trinajstić information content (AvgIpc) is 2.97. The second-order valence-electron chi connectivity index (χ2n) is 6.65. The fourth-order valence-corrected chi connectivity index (χ4v) is 2.54. The molecule has 1 heterocycles. The Morgan fingerprint density at radius 2 is 1.92 bits per heavy atom. The molecule has 0 radical (unpaired) electrons. The molecule has 10 heteroatoms. The molecule has 0 aliphatic heterocycles. The molecule has 1 aromatic heterocycles. The minimum absolute atomic E-state index is 0. The Morgan fingerprint density at radius 1 is 1.27 bits per heavy atom. The van der Waals surface area contributed by atoms with Gasteiger partial charge in [0.15, 0.2) is 11.1 Å². The highest BCUT2D eigenvalue weighted by Crippen LogP contribution is 2.17. The summed E-state index contributed by atoms with van der Waals surface area (Å²) in [4.78, 5) is 22.2. The number of carbonyl (C=O) groups excluding carboxylic acids is 1. The van der Waals surface area contributed by atoms with Gasteiger partial charge >= 0.3 is 6.09 Å². The Hall–Kier alpha value is -1.30. The molecule has 0 aromatic carbocycles. The summed E-state index contributed by atoms with van der Waals surface area (Å²) in [6.45, 7) is 7.36. The van der Waals surface area contributed by atoms with Gasteiger partial charge in [-0.1, -0.05) is 0 Å². The molecule has 0 saturated heterocycles. The maximum atomic E-state index is 11.5. The first-order valence-corrected chi connectivity index (χ1v) is 9.12. The number of alkyl carbamates (subject to hydrolysis) is 1. The maximum absolute atomic E-state index is 11.5. The van der Waals surface area contributed by atoms with Crippen molar-refractivity contribution in [3.63, 3.8) is 0 Å². The first-order chi connectivity index (χ1) is 11.7. The van der Waals surface area contributed by atoms with Gasteiger partial charge in [0, 0.05) is 39.6 Å². The van der Waals surface area contributed by atoms with Crippen molar-refractivity contribution in [2.45, 2.75) is 39.3 Å². The molecule has 150 valence electrons. The fraction of sp³-hybridized carbons (Fsp3) is 0.688. The van der Waals surface area contributed by atoms with E-state index in [0.717, 1.165) is 17.2 Å². The number of carbonyl (C=O) groups is 1. The van der Waals surface area contributed by atoms with Crippen molar-refractivity contribution in [3.05, 3.63) is 11.1 Å². The van der Waals surface area contributed by atoms with Crippen molar-refractivity contribution in [3.8, 4) is 0 Å². The predicted octanol–water partition coefficient (Wildman–Crippen LogP) is 2.41. The lowest BCUT2D eigenvalue weighted by Gasteiger charge is -2.19. The third-order valence-corrected chi connectivity index (χ3v) is 3.95. The Labute approximate surface area is 177 Å². The predicted molar refractivity (Wildman–Crippen MR) is 119 cm³/mol. The molecule has 0 atom stereocenters. The summed E-state index contributed by atoms with van der Waals surface area (Å²) < 4.78 is 5.18. The van der Waals surface area contributed by atoms with Gasteiger partial charge in [0.2, 0.25) is 0 Å². The SMILES string of the molecule is CN=C(NCCCNC(=O)OC(C)(C)C)NCc1csc(N(C)C)n1.I. The Bertz CT molecular complexity index is 571. The van der Waals surface area contributed by atoms with Crippen molar-refractivity contribution >= 4 is 52.5 Å². The number of thiazole rings is 1. The zero-order valence-corrected chi connectivity index (χ0v) is 19.5. The first kappa shape index (κ1) is 24.7. The summed E-state index contributed by atoms with van der Waals surface area (Å²) in [6.07, 6.45) is 0.372. The minimum Gasteiger partial charge on any atom is -0.444 e. The quantitative estimate of drug-likeness (QED) is 0.232. The molecule has 1 aromatic rings. The van der Waals surface area contributed by atoms with E-state index in [9.17, 15) is 4.79 Å². The van der Waals surface area contributed by atoms with Crippen LogP contribution in [0.2, 0.25) is 0 Å². The highest BCUT2D eigenvalue weighted by atomic mass is 127. The van der Waals surface area contributed by atoms with E-state index < -0.39 is 11.7 Å². The summed E-state index contributed by atoms with van der Waals surface area (Å²) >= 11 is 1.61. The van der Waals surface area contributed by atoms with Crippen LogP contribution in [0.25, 0.3) is 0 Å². The van der Waals surface area contributed by atoms with E-state index in [1.165, 1.54) is 0 Å².